The Labute approximate surface area is 158 Å². The number of fused-ring (bicyclic) bond motifs is 2. The lowest BCUT2D eigenvalue weighted by Gasteiger charge is -2.18. The van der Waals surface area contributed by atoms with Crippen LogP contribution in [0.2, 0.25) is 0 Å². The van der Waals surface area contributed by atoms with Crippen LogP contribution in [0.1, 0.15) is 34.1 Å². The number of nitrogens with one attached hydrogen (secondary N) is 1. The molecule has 0 spiro atoms. The van der Waals surface area contributed by atoms with Gasteiger partial charge in [0.2, 0.25) is 0 Å². The number of para-hydroxylation sites is 1. The molecule has 2 aromatic heterocycles. The highest BCUT2D eigenvalue weighted by molar-refractivity contribution is 7.98. The minimum atomic E-state index is -0.347. The zero-order valence-electron chi connectivity index (χ0n) is 14.1. The second kappa shape index (κ2) is 6.63. The van der Waals surface area contributed by atoms with E-state index in [9.17, 15) is 4.79 Å². The molecule has 2 heterocycles. The number of nitrogens with two attached hydrogens (primary N) is 1. The Kier molecular flexibility index (Phi) is 4.47. The van der Waals surface area contributed by atoms with Gasteiger partial charge in [0.05, 0.1) is 15.8 Å². The lowest BCUT2D eigenvalue weighted by atomic mass is 9.88. The molecule has 1 atom stereocenters. The number of carbonyl (C=O) groups is 1. The number of rotatable bonds is 4. The number of primary amides is 1. The molecule has 3 N–H and O–H groups in total. The molecule has 0 saturated heterocycles. The van der Waals surface area contributed by atoms with E-state index in [0.717, 1.165) is 50.1 Å². The van der Waals surface area contributed by atoms with Crippen molar-refractivity contribution in [1.29, 1.82) is 0 Å². The van der Waals surface area contributed by atoms with Crippen LogP contribution in [-0.2, 0) is 12.8 Å². The summed E-state index contributed by atoms with van der Waals surface area (Å²) in [6, 6.07) is 6.21. The molecule has 0 saturated carbocycles. The number of aromatic nitrogens is 1. The van der Waals surface area contributed by atoms with E-state index in [1.165, 1.54) is 4.88 Å². The lowest BCUT2D eigenvalue weighted by molar-refractivity contribution is 0.1000. The number of amides is 1. The second-order valence-electron chi connectivity index (χ2n) is 6.37. The Morgan fingerprint density at radius 3 is 3.00 bits per heavy atom. The Bertz CT molecular complexity index is 960. The lowest BCUT2D eigenvalue weighted by Crippen LogP contribution is -2.17. The molecule has 0 fully saturated rings. The largest absolute Gasteiger partial charge is 0.365 e. The third kappa shape index (κ3) is 3.05. The van der Waals surface area contributed by atoms with E-state index in [1.807, 2.05) is 0 Å². The molecule has 0 aliphatic heterocycles. The van der Waals surface area contributed by atoms with Crippen LogP contribution >= 0.6 is 34.4 Å². The summed E-state index contributed by atoms with van der Waals surface area (Å²) in [4.78, 5) is 19.3. The maximum absolute atomic E-state index is 12.1. The van der Waals surface area contributed by atoms with E-state index >= 15 is 0 Å². The van der Waals surface area contributed by atoms with Gasteiger partial charge in [-0.1, -0.05) is 24.3 Å². The van der Waals surface area contributed by atoms with Gasteiger partial charge in [0, 0.05) is 9.77 Å². The number of thiazole rings is 1. The standard InChI is InChI=1S/C18H19N3OS3/c1-9-6-7-10-13(8-9)24-17(14(10)16(19)22)21-18-20-15-11(23-2)4-3-5-12(15)25-18/h3-5,9H,6-8H2,1-2H3,(H2,19,22)(H,20,21). The summed E-state index contributed by atoms with van der Waals surface area (Å²) in [6.45, 7) is 2.26. The number of thioether (sulfide) groups is 1. The summed E-state index contributed by atoms with van der Waals surface area (Å²) in [5, 5.41) is 5.04. The van der Waals surface area contributed by atoms with Crippen LogP contribution in [0.3, 0.4) is 0 Å². The molecule has 1 aliphatic carbocycles. The van der Waals surface area contributed by atoms with Crippen molar-refractivity contribution >= 4 is 60.7 Å². The van der Waals surface area contributed by atoms with Crippen molar-refractivity contribution in [3.8, 4) is 0 Å². The van der Waals surface area contributed by atoms with Gasteiger partial charge in [0.25, 0.3) is 5.91 Å². The van der Waals surface area contributed by atoms with Crippen molar-refractivity contribution in [2.75, 3.05) is 11.6 Å². The van der Waals surface area contributed by atoms with Crippen molar-refractivity contribution in [2.24, 2.45) is 11.7 Å². The first-order valence-electron chi connectivity index (χ1n) is 8.21. The Balaban J connectivity index is 1.75. The van der Waals surface area contributed by atoms with Gasteiger partial charge in [-0.25, -0.2) is 4.98 Å². The first-order valence-corrected chi connectivity index (χ1v) is 11.1. The Hall–Kier alpha value is -1.57. The van der Waals surface area contributed by atoms with E-state index in [2.05, 4.69) is 36.7 Å². The van der Waals surface area contributed by atoms with Gasteiger partial charge in [-0.3, -0.25) is 4.79 Å². The van der Waals surface area contributed by atoms with Gasteiger partial charge in [0.15, 0.2) is 5.13 Å². The molecule has 1 unspecified atom stereocenters. The number of hydrogen-bond acceptors (Lipinski definition) is 6. The highest BCUT2D eigenvalue weighted by Crippen LogP contribution is 2.42. The first-order chi connectivity index (χ1) is 12.1. The Morgan fingerprint density at radius 1 is 1.40 bits per heavy atom. The van der Waals surface area contributed by atoms with E-state index in [0.29, 0.717) is 11.5 Å². The molecular weight excluding hydrogens is 370 g/mol. The summed E-state index contributed by atoms with van der Waals surface area (Å²) in [7, 11) is 0. The molecule has 1 aliphatic rings. The van der Waals surface area contributed by atoms with Crippen LogP contribution in [0.4, 0.5) is 10.1 Å². The minimum absolute atomic E-state index is 0.347. The molecule has 4 nitrogen and oxygen atoms in total. The number of carbonyl (C=O) groups excluding carboxylic acids is 1. The average Bonchev–Trinajstić information content (AvgIpc) is 3.14. The number of thiophene rings is 1. The van der Waals surface area contributed by atoms with Crippen LogP contribution in [0.15, 0.2) is 23.1 Å². The van der Waals surface area contributed by atoms with E-state index < -0.39 is 0 Å². The fraction of sp³-hybridized carbons (Fsp3) is 0.333. The normalized spacial score (nSPS) is 16.8. The van der Waals surface area contributed by atoms with Gasteiger partial charge in [-0.15, -0.1) is 23.1 Å². The minimum Gasteiger partial charge on any atom is -0.365 e. The molecule has 1 amide bonds. The van der Waals surface area contributed by atoms with Crippen LogP contribution in [0.25, 0.3) is 10.2 Å². The van der Waals surface area contributed by atoms with Crippen molar-refractivity contribution in [1.82, 2.24) is 4.98 Å². The first kappa shape index (κ1) is 16.9. The maximum atomic E-state index is 12.1. The molecule has 0 bridgehead atoms. The summed E-state index contributed by atoms with van der Waals surface area (Å²) >= 11 is 4.96. The molecule has 4 rings (SSSR count). The Morgan fingerprint density at radius 2 is 2.24 bits per heavy atom. The van der Waals surface area contributed by atoms with Gasteiger partial charge in [-0.05, 0) is 49.1 Å². The van der Waals surface area contributed by atoms with Crippen LogP contribution in [0, 0.1) is 5.92 Å². The van der Waals surface area contributed by atoms with Crippen molar-refractivity contribution in [3.05, 3.63) is 34.2 Å². The molecule has 25 heavy (non-hydrogen) atoms. The smallest absolute Gasteiger partial charge is 0.251 e. The van der Waals surface area contributed by atoms with Crippen LogP contribution in [0.5, 0.6) is 0 Å². The number of benzene rings is 1. The van der Waals surface area contributed by atoms with Crippen LogP contribution in [-0.4, -0.2) is 17.1 Å². The number of hydrogen-bond donors (Lipinski definition) is 2. The third-order valence-corrected chi connectivity index (χ3v) is 7.46. The molecule has 7 heteroatoms. The van der Waals surface area contributed by atoms with Gasteiger partial charge >= 0.3 is 0 Å². The zero-order chi connectivity index (χ0) is 17.6. The molecule has 130 valence electrons. The number of anilines is 2. The average molecular weight is 390 g/mol. The second-order valence-corrected chi connectivity index (χ2v) is 9.36. The van der Waals surface area contributed by atoms with Gasteiger partial charge < -0.3 is 11.1 Å². The fourth-order valence-corrected chi connectivity index (χ4v) is 6.34. The van der Waals surface area contributed by atoms with Crippen LogP contribution < -0.4 is 11.1 Å². The molecule has 0 radical (unpaired) electrons. The highest BCUT2D eigenvalue weighted by atomic mass is 32.2. The van der Waals surface area contributed by atoms with Crippen molar-refractivity contribution < 1.29 is 4.79 Å². The highest BCUT2D eigenvalue weighted by Gasteiger charge is 2.27. The topological polar surface area (TPSA) is 68.0 Å². The monoisotopic (exact) mass is 389 g/mol. The van der Waals surface area contributed by atoms with E-state index in [4.69, 9.17) is 10.7 Å². The maximum Gasteiger partial charge on any atom is 0.251 e. The zero-order valence-corrected chi connectivity index (χ0v) is 16.5. The van der Waals surface area contributed by atoms with Crippen molar-refractivity contribution in [2.45, 2.75) is 31.1 Å². The predicted octanol–water partition coefficient (Wildman–Crippen LogP) is 5.05. The number of nitrogens with zero attached hydrogens (tertiary/aromatic N) is 1. The molecular formula is C18H19N3OS3. The SMILES string of the molecule is CSc1cccc2sc(Nc3sc4c(c3C(N)=O)CCC(C)C4)nc12. The summed E-state index contributed by atoms with van der Waals surface area (Å²) in [5.41, 5.74) is 8.52. The molecule has 1 aromatic carbocycles. The van der Waals surface area contributed by atoms with Gasteiger partial charge in [0.1, 0.15) is 5.00 Å². The van der Waals surface area contributed by atoms with E-state index in [1.54, 1.807) is 34.4 Å². The summed E-state index contributed by atoms with van der Waals surface area (Å²) in [6.07, 6.45) is 5.13. The van der Waals surface area contributed by atoms with E-state index in [-0.39, 0.29) is 5.91 Å². The van der Waals surface area contributed by atoms with Crippen molar-refractivity contribution in [3.63, 3.8) is 0 Å². The molecule has 3 aromatic rings. The quantitative estimate of drug-likeness (QED) is 0.613. The summed E-state index contributed by atoms with van der Waals surface area (Å²) in [5.74, 6) is 0.312. The van der Waals surface area contributed by atoms with Gasteiger partial charge in [-0.2, -0.15) is 0 Å². The summed E-state index contributed by atoms with van der Waals surface area (Å²) < 4.78 is 1.14. The third-order valence-electron chi connectivity index (χ3n) is 4.58. The predicted molar refractivity (Wildman–Crippen MR) is 109 cm³/mol. The fourth-order valence-electron chi connectivity index (χ4n) is 3.34.